The first-order valence-electron chi connectivity index (χ1n) is 8.98. The number of guanidine groups is 1. The van der Waals surface area contributed by atoms with Gasteiger partial charge in [-0.1, -0.05) is 6.92 Å². The van der Waals surface area contributed by atoms with Crippen LogP contribution in [-0.4, -0.2) is 55.5 Å². The van der Waals surface area contributed by atoms with Crippen molar-refractivity contribution in [2.24, 2.45) is 4.99 Å². The van der Waals surface area contributed by atoms with Crippen LogP contribution in [0.5, 0.6) is 0 Å². The van der Waals surface area contributed by atoms with Gasteiger partial charge in [0.15, 0.2) is 5.96 Å². The van der Waals surface area contributed by atoms with Gasteiger partial charge in [0.25, 0.3) is 0 Å². The Balaban J connectivity index is 1.99. The molecule has 1 aliphatic rings. The number of furan rings is 1. The smallest absolute Gasteiger partial charge is 0.341 e. The second-order valence-corrected chi connectivity index (χ2v) is 6.19. The summed E-state index contributed by atoms with van der Waals surface area (Å²) in [5, 5.41) is 6.56. The molecule has 0 spiro atoms. The van der Waals surface area contributed by atoms with E-state index in [1.807, 2.05) is 18.7 Å². The van der Waals surface area contributed by atoms with Gasteiger partial charge in [-0.15, -0.1) is 0 Å². The van der Waals surface area contributed by atoms with E-state index >= 15 is 0 Å². The number of aryl methyl sites for hydroxylation is 1. The molecule has 1 aliphatic heterocycles. The van der Waals surface area contributed by atoms with Gasteiger partial charge >= 0.3 is 5.97 Å². The Morgan fingerprint density at radius 1 is 1.42 bits per heavy atom. The molecule has 2 rings (SSSR count). The molecule has 8 heteroatoms. The number of nitrogens with one attached hydrogen (secondary N) is 2. The van der Waals surface area contributed by atoms with E-state index in [0.29, 0.717) is 42.6 Å². The van der Waals surface area contributed by atoms with Gasteiger partial charge in [-0.05, 0) is 26.3 Å². The molecular formula is C18H28N4O4. The summed E-state index contributed by atoms with van der Waals surface area (Å²) in [4.78, 5) is 29.8. The topological polar surface area (TPSA) is 96.2 Å². The average Bonchev–Trinajstić information content (AvgIpc) is 3.25. The minimum atomic E-state index is -0.418. The number of rotatable bonds is 6. The molecule has 144 valence electrons. The maximum Gasteiger partial charge on any atom is 0.341 e. The zero-order valence-electron chi connectivity index (χ0n) is 15.9. The number of amides is 1. The number of nitrogens with zero attached hydrogens (tertiary/aromatic N) is 2. The maximum absolute atomic E-state index is 11.8. The van der Waals surface area contributed by atoms with Crippen molar-refractivity contribution in [1.29, 1.82) is 0 Å². The highest BCUT2D eigenvalue weighted by atomic mass is 16.5. The number of methoxy groups -OCH3 is 1. The van der Waals surface area contributed by atoms with E-state index in [9.17, 15) is 9.59 Å². The summed E-state index contributed by atoms with van der Waals surface area (Å²) in [5.41, 5.74) is 0.417. The van der Waals surface area contributed by atoms with Gasteiger partial charge in [0.1, 0.15) is 23.6 Å². The number of hydrogen-bond acceptors (Lipinski definition) is 5. The predicted octanol–water partition coefficient (Wildman–Crippen LogP) is 1.44. The van der Waals surface area contributed by atoms with Crippen LogP contribution in [0.4, 0.5) is 0 Å². The molecule has 0 bridgehead atoms. The van der Waals surface area contributed by atoms with Crippen LogP contribution >= 0.6 is 0 Å². The van der Waals surface area contributed by atoms with E-state index in [0.717, 1.165) is 19.5 Å². The first kappa shape index (κ1) is 19.8. The van der Waals surface area contributed by atoms with Crippen LogP contribution in [0.2, 0.25) is 0 Å². The number of likely N-dealkylation sites (tertiary alicyclic amines) is 1. The fourth-order valence-corrected chi connectivity index (χ4v) is 2.93. The summed E-state index contributed by atoms with van der Waals surface area (Å²) in [6.07, 6.45) is 1.42. The Morgan fingerprint density at radius 3 is 2.85 bits per heavy atom. The molecule has 0 aromatic carbocycles. The number of ether oxygens (including phenoxy) is 1. The highest BCUT2D eigenvalue weighted by Gasteiger charge is 2.25. The van der Waals surface area contributed by atoms with Gasteiger partial charge < -0.3 is 24.7 Å². The third kappa shape index (κ3) is 5.00. The van der Waals surface area contributed by atoms with Gasteiger partial charge in [0.05, 0.1) is 7.11 Å². The van der Waals surface area contributed by atoms with Crippen LogP contribution in [0.15, 0.2) is 15.5 Å². The molecule has 1 unspecified atom stereocenters. The van der Waals surface area contributed by atoms with Crippen molar-refractivity contribution in [2.45, 2.75) is 46.2 Å². The van der Waals surface area contributed by atoms with Gasteiger partial charge in [-0.25, -0.2) is 9.79 Å². The minimum Gasteiger partial charge on any atom is -0.465 e. The largest absolute Gasteiger partial charge is 0.465 e. The number of aliphatic imine (C=N–C) groups is 1. The van der Waals surface area contributed by atoms with Crippen LogP contribution < -0.4 is 10.6 Å². The Labute approximate surface area is 154 Å². The number of carbonyl (C=O) groups excluding carboxylic acids is 2. The molecule has 0 radical (unpaired) electrons. The highest BCUT2D eigenvalue weighted by Crippen LogP contribution is 2.16. The third-order valence-corrected chi connectivity index (χ3v) is 4.30. The van der Waals surface area contributed by atoms with E-state index in [1.165, 1.54) is 7.11 Å². The van der Waals surface area contributed by atoms with Crippen molar-refractivity contribution < 1.29 is 18.7 Å². The summed E-state index contributed by atoms with van der Waals surface area (Å²) >= 11 is 0. The third-order valence-electron chi connectivity index (χ3n) is 4.30. The monoisotopic (exact) mass is 364 g/mol. The molecule has 2 heterocycles. The van der Waals surface area contributed by atoms with Crippen molar-refractivity contribution in [3.05, 3.63) is 23.2 Å². The average molecular weight is 364 g/mol. The fourth-order valence-electron chi connectivity index (χ4n) is 2.93. The van der Waals surface area contributed by atoms with Crippen molar-refractivity contribution in [2.75, 3.05) is 26.7 Å². The van der Waals surface area contributed by atoms with Crippen LogP contribution in [0.25, 0.3) is 0 Å². The quantitative estimate of drug-likeness (QED) is 0.450. The lowest BCUT2D eigenvalue weighted by molar-refractivity contribution is -0.129. The molecule has 1 fully saturated rings. The van der Waals surface area contributed by atoms with E-state index in [4.69, 9.17) is 9.15 Å². The standard InChI is InChI=1S/C18H28N4O4/c1-5-16(23)22-8-7-13(11-22)21-18(19-6-2)20-10-14-9-15(12(3)26-14)17(24)25-4/h9,13H,5-8,10-11H2,1-4H3,(H2,19,20,21). The second kappa shape index (κ2) is 9.26. The molecule has 0 aliphatic carbocycles. The van der Waals surface area contributed by atoms with E-state index in [1.54, 1.807) is 13.0 Å². The lowest BCUT2D eigenvalue weighted by atomic mass is 10.2. The number of esters is 1. The summed E-state index contributed by atoms with van der Waals surface area (Å²) in [5.74, 6) is 1.53. The molecule has 2 N–H and O–H groups in total. The van der Waals surface area contributed by atoms with Crippen molar-refractivity contribution in [3.63, 3.8) is 0 Å². The van der Waals surface area contributed by atoms with Crippen LogP contribution in [0.1, 0.15) is 48.6 Å². The molecule has 1 amide bonds. The Kier molecular flexibility index (Phi) is 7.06. The summed E-state index contributed by atoms with van der Waals surface area (Å²) in [6, 6.07) is 1.83. The minimum absolute atomic E-state index is 0.173. The van der Waals surface area contributed by atoms with Crippen molar-refractivity contribution >= 4 is 17.8 Å². The van der Waals surface area contributed by atoms with Gasteiger partial charge in [0.2, 0.25) is 5.91 Å². The summed E-state index contributed by atoms with van der Waals surface area (Å²) in [6.45, 7) is 8.07. The van der Waals surface area contributed by atoms with E-state index < -0.39 is 5.97 Å². The normalized spacial score (nSPS) is 17.3. The molecule has 1 atom stereocenters. The maximum atomic E-state index is 11.8. The molecule has 1 aromatic heterocycles. The molecule has 0 saturated carbocycles. The number of hydrogen-bond donors (Lipinski definition) is 2. The van der Waals surface area contributed by atoms with Crippen molar-refractivity contribution in [3.8, 4) is 0 Å². The van der Waals surface area contributed by atoms with Crippen molar-refractivity contribution in [1.82, 2.24) is 15.5 Å². The van der Waals surface area contributed by atoms with Gasteiger partial charge in [-0.3, -0.25) is 4.79 Å². The van der Waals surface area contributed by atoms with Gasteiger partial charge in [0, 0.05) is 32.1 Å². The molecular weight excluding hydrogens is 336 g/mol. The summed E-state index contributed by atoms with van der Waals surface area (Å²) < 4.78 is 10.3. The first-order chi connectivity index (χ1) is 12.5. The zero-order valence-corrected chi connectivity index (χ0v) is 15.9. The highest BCUT2D eigenvalue weighted by molar-refractivity contribution is 5.90. The lowest BCUT2D eigenvalue weighted by Crippen LogP contribution is -2.45. The molecule has 1 aromatic rings. The van der Waals surface area contributed by atoms with E-state index in [2.05, 4.69) is 15.6 Å². The zero-order chi connectivity index (χ0) is 19.1. The number of carbonyl (C=O) groups is 2. The molecule has 26 heavy (non-hydrogen) atoms. The molecule has 1 saturated heterocycles. The van der Waals surface area contributed by atoms with Crippen LogP contribution in [0, 0.1) is 6.92 Å². The van der Waals surface area contributed by atoms with Gasteiger partial charge in [-0.2, -0.15) is 0 Å². The molecule has 8 nitrogen and oxygen atoms in total. The Bertz CT molecular complexity index is 668. The van der Waals surface area contributed by atoms with E-state index in [-0.39, 0.29) is 11.9 Å². The first-order valence-corrected chi connectivity index (χ1v) is 8.98. The Hall–Kier alpha value is -2.51. The lowest BCUT2D eigenvalue weighted by Gasteiger charge is -2.18. The van der Waals surface area contributed by atoms with Crippen LogP contribution in [-0.2, 0) is 16.1 Å². The second-order valence-electron chi connectivity index (χ2n) is 6.19. The van der Waals surface area contributed by atoms with Crippen LogP contribution in [0.3, 0.4) is 0 Å². The predicted molar refractivity (Wildman–Crippen MR) is 98.0 cm³/mol. The Morgan fingerprint density at radius 2 is 2.19 bits per heavy atom. The SMILES string of the molecule is CCNC(=NCc1cc(C(=O)OC)c(C)o1)NC1CCN(C(=O)CC)C1. The summed E-state index contributed by atoms with van der Waals surface area (Å²) in [7, 11) is 1.34. The fraction of sp³-hybridized carbons (Fsp3) is 0.611.